The van der Waals surface area contributed by atoms with Gasteiger partial charge in [0.2, 0.25) is 0 Å². The molecule has 7 nitrogen and oxygen atoms in total. The molecule has 0 bridgehead atoms. The van der Waals surface area contributed by atoms with Crippen LogP contribution in [0.1, 0.15) is 16.9 Å². The molecule has 0 aliphatic rings. The van der Waals surface area contributed by atoms with Crippen molar-refractivity contribution >= 4 is 28.6 Å². The van der Waals surface area contributed by atoms with Crippen molar-refractivity contribution in [3.8, 4) is 22.8 Å². The van der Waals surface area contributed by atoms with Gasteiger partial charge < -0.3 is 9.09 Å². The third-order valence-corrected chi connectivity index (χ3v) is 4.89. The molecule has 4 rings (SSSR count). The lowest BCUT2D eigenvalue weighted by Gasteiger charge is -2.07. The first-order valence-corrected chi connectivity index (χ1v) is 9.12. The van der Waals surface area contributed by atoms with Crippen LogP contribution in [0.25, 0.3) is 22.8 Å². The molecular formula is C17H12BrFN6OS. The Morgan fingerprint density at radius 3 is 2.74 bits per heavy atom. The minimum absolute atomic E-state index is 0.0689. The van der Waals surface area contributed by atoms with E-state index < -0.39 is 11.1 Å². The first kappa shape index (κ1) is 17.8. The Labute approximate surface area is 167 Å². The topological polar surface area (TPSA) is 82.5 Å². The zero-order valence-electron chi connectivity index (χ0n) is 13.9. The molecule has 0 spiro atoms. The van der Waals surface area contributed by atoms with Gasteiger partial charge in [0.15, 0.2) is 17.5 Å². The van der Waals surface area contributed by atoms with E-state index in [0.29, 0.717) is 16.1 Å². The maximum Gasteiger partial charge on any atom is 0.260 e. The van der Waals surface area contributed by atoms with Gasteiger partial charge in [0.1, 0.15) is 11.1 Å². The number of aromatic nitrogens is 6. The Morgan fingerprint density at radius 2 is 1.96 bits per heavy atom. The molecule has 0 aliphatic heterocycles. The Kier molecular flexibility index (Phi) is 4.75. The molecule has 136 valence electrons. The number of hydrogen-bond donors (Lipinski definition) is 1. The van der Waals surface area contributed by atoms with Gasteiger partial charge in [0.05, 0.1) is 5.56 Å². The molecular weight excluding hydrogens is 435 g/mol. The van der Waals surface area contributed by atoms with E-state index in [-0.39, 0.29) is 17.3 Å². The monoisotopic (exact) mass is 446 g/mol. The normalized spacial score (nSPS) is 12.3. The van der Waals surface area contributed by atoms with Gasteiger partial charge in [-0.3, -0.25) is 4.98 Å². The van der Waals surface area contributed by atoms with Gasteiger partial charge >= 0.3 is 0 Å². The van der Waals surface area contributed by atoms with Gasteiger partial charge in [-0.05, 0) is 30.3 Å². The third kappa shape index (κ3) is 3.37. The van der Waals surface area contributed by atoms with Crippen LogP contribution in [0.15, 0.2) is 51.7 Å². The minimum Gasteiger partial charge on any atom is -0.334 e. The number of rotatable bonds is 4. The molecule has 27 heavy (non-hydrogen) atoms. The van der Waals surface area contributed by atoms with E-state index in [1.165, 1.54) is 6.07 Å². The predicted molar refractivity (Wildman–Crippen MR) is 102 cm³/mol. The van der Waals surface area contributed by atoms with E-state index in [1.807, 2.05) is 19.2 Å². The van der Waals surface area contributed by atoms with Crippen molar-refractivity contribution in [2.24, 2.45) is 7.05 Å². The molecule has 0 radical (unpaired) electrons. The zero-order valence-corrected chi connectivity index (χ0v) is 16.4. The molecule has 0 amide bonds. The zero-order chi connectivity index (χ0) is 19.0. The number of thiol groups is 1. The van der Waals surface area contributed by atoms with Crippen LogP contribution in [-0.2, 0) is 7.05 Å². The lowest BCUT2D eigenvalue weighted by atomic mass is 10.2. The Morgan fingerprint density at radius 1 is 1.19 bits per heavy atom. The van der Waals surface area contributed by atoms with Gasteiger partial charge in [-0.15, -0.1) is 10.2 Å². The Bertz CT molecular complexity index is 1100. The molecule has 10 heteroatoms. The van der Waals surface area contributed by atoms with E-state index in [2.05, 4.69) is 53.9 Å². The first-order chi connectivity index (χ1) is 13.0. The fraction of sp³-hybridized carbons (Fsp3) is 0.118. The molecule has 0 saturated heterocycles. The predicted octanol–water partition coefficient (Wildman–Crippen LogP) is 3.85. The van der Waals surface area contributed by atoms with Gasteiger partial charge in [-0.1, -0.05) is 21.1 Å². The molecule has 0 fully saturated rings. The lowest BCUT2D eigenvalue weighted by molar-refractivity contribution is 0.420. The molecule has 1 aromatic carbocycles. The molecule has 0 saturated carbocycles. The van der Waals surface area contributed by atoms with E-state index in [9.17, 15) is 4.39 Å². The molecule has 1 atom stereocenters. The van der Waals surface area contributed by atoms with Crippen molar-refractivity contribution in [1.82, 2.24) is 29.9 Å². The fourth-order valence-electron chi connectivity index (χ4n) is 2.56. The van der Waals surface area contributed by atoms with E-state index >= 15 is 0 Å². The van der Waals surface area contributed by atoms with Crippen molar-refractivity contribution in [3.05, 3.63) is 64.7 Å². The molecule has 3 aromatic heterocycles. The van der Waals surface area contributed by atoms with Crippen molar-refractivity contribution in [2.75, 3.05) is 0 Å². The Hall–Kier alpha value is -2.59. The smallest absolute Gasteiger partial charge is 0.260 e. The molecule has 1 unspecified atom stereocenters. The summed E-state index contributed by atoms with van der Waals surface area (Å²) in [6, 6.07) is 8.17. The highest BCUT2D eigenvalue weighted by molar-refractivity contribution is 9.10. The highest BCUT2D eigenvalue weighted by Crippen LogP contribution is 2.30. The quantitative estimate of drug-likeness (QED) is 0.479. The summed E-state index contributed by atoms with van der Waals surface area (Å²) in [5, 5.41) is 11.7. The summed E-state index contributed by atoms with van der Waals surface area (Å²) >= 11 is 7.86. The van der Waals surface area contributed by atoms with Crippen LogP contribution in [-0.4, -0.2) is 29.9 Å². The maximum atomic E-state index is 14.0. The highest BCUT2D eigenvalue weighted by atomic mass is 79.9. The highest BCUT2D eigenvalue weighted by Gasteiger charge is 2.24. The number of nitrogens with zero attached hydrogens (tertiary/aromatic N) is 6. The van der Waals surface area contributed by atoms with Crippen LogP contribution in [0.5, 0.6) is 0 Å². The average Bonchev–Trinajstić information content (AvgIpc) is 3.31. The second-order valence-electron chi connectivity index (χ2n) is 5.66. The SMILES string of the molecule is Cn1c(-c2ccncc2)nnc1C(S)c1noc(-c2cc(Br)ccc2F)n1. The summed E-state index contributed by atoms with van der Waals surface area (Å²) in [7, 11) is 1.82. The molecule has 4 aromatic rings. The molecule has 0 aliphatic carbocycles. The van der Waals surface area contributed by atoms with Crippen molar-refractivity contribution in [1.29, 1.82) is 0 Å². The molecule has 0 N–H and O–H groups in total. The summed E-state index contributed by atoms with van der Waals surface area (Å²) < 4.78 is 21.8. The Balaban J connectivity index is 1.67. The van der Waals surface area contributed by atoms with Gasteiger partial charge in [0.25, 0.3) is 5.89 Å². The number of halogens is 2. The third-order valence-electron chi connectivity index (χ3n) is 3.94. The van der Waals surface area contributed by atoms with Crippen LogP contribution >= 0.6 is 28.6 Å². The summed E-state index contributed by atoms with van der Waals surface area (Å²) in [6.07, 6.45) is 3.36. The van der Waals surface area contributed by atoms with Crippen LogP contribution in [0.4, 0.5) is 4.39 Å². The number of hydrogen-bond acceptors (Lipinski definition) is 7. The van der Waals surface area contributed by atoms with Gasteiger partial charge in [-0.25, -0.2) is 4.39 Å². The van der Waals surface area contributed by atoms with Gasteiger partial charge in [-0.2, -0.15) is 17.6 Å². The van der Waals surface area contributed by atoms with Crippen LogP contribution in [0.3, 0.4) is 0 Å². The summed E-state index contributed by atoms with van der Waals surface area (Å²) in [5.41, 5.74) is 1.08. The summed E-state index contributed by atoms with van der Waals surface area (Å²) in [6.45, 7) is 0. The van der Waals surface area contributed by atoms with Crippen LogP contribution < -0.4 is 0 Å². The lowest BCUT2D eigenvalue weighted by Crippen LogP contribution is -2.05. The van der Waals surface area contributed by atoms with Gasteiger partial charge in [0, 0.05) is 29.5 Å². The van der Waals surface area contributed by atoms with Crippen molar-refractivity contribution in [3.63, 3.8) is 0 Å². The van der Waals surface area contributed by atoms with Crippen molar-refractivity contribution < 1.29 is 8.91 Å². The summed E-state index contributed by atoms with van der Waals surface area (Å²) in [5.74, 6) is 1.08. The van der Waals surface area contributed by atoms with E-state index in [0.717, 1.165) is 5.56 Å². The standard InChI is InChI=1S/C17H12BrFN6OS/c1-25-15(9-4-6-20-7-5-9)22-23-16(25)13(27)14-21-17(26-24-14)11-8-10(18)2-3-12(11)19/h2-8,13,27H,1H3. The number of pyridine rings is 1. The number of benzene rings is 1. The minimum atomic E-state index is -0.592. The van der Waals surface area contributed by atoms with Crippen molar-refractivity contribution in [2.45, 2.75) is 5.25 Å². The second kappa shape index (κ2) is 7.20. The van der Waals surface area contributed by atoms with E-state index in [1.54, 1.807) is 29.1 Å². The fourth-order valence-corrected chi connectivity index (χ4v) is 3.25. The van der Waals surface area contributed by atoms with Crippen LogP contribution in [0.2, 0.25) is 0 Å². The average molecular weight is 447 g/mol. The molecule has 3 heterocycles. The second-order valence-corrected chi connectivity index (χ2v) is 7.09. The van der Waals surface area contributed by atoms with E-state index in [4.69, 9.17) is 4.52 Å². The largest absolute Gasteiger partial charge is 0.334 e. The van der Waals surface area contributed by atoms with Crippen LogP contribution in [0, 0.1) is 5.82 Å². The maximum absolute atomic E-state index is 14.0. The first-order valence-electron chi connectivity index (χ1n) is 7.81. The summed E-state index contributed by atoms with van der Waals surface area (Å²) in [4.78, 5) is 8.27.